The lowest BCUT2D eigenvalue weighted by Gasteiger charge is -2.16. The van der Waals surface area contributed by atoms with Crippen LogP contribution in [0, 0.1) is 22.7 Å². The Hall–Kier alpha value is -8.65. The lowest BCUT2D eigenvalue weighted by Crippen LogP contribution is -2.03. The second-order valence-corrected chi connectivity index (χ2v) is 14.7. The second kappa shape index (κ2) is 14.1. The Kier molecular flexibility index (Phi) is 8.11. The van der Waals surface area contributed by atoms with Gasteiger partial charge in [0.1, 0.15) is 6.07 Å². The standard InChI is InChI=1S/C53H31N7/c54-32-34-22-24-35(25-23-34)44-31-38(27-29-50(44)60-48-20-10-6-16-42(48)43-17-7-11-21-49(43)60)53-57-51(36-12-2-1-3-13-36)56-52(58-53)37-26-28-45(39(30-37)33-55)59-46-18-8-4-14-40(46)41-15-5-9-19-47(41)59/h1-31H. The van der Waals surface area contributed by atoms with Crippen LogP contribution in [0.2, 0.25) is 0 Å². The van der Waals surface area contributed by atoms with Crippen LogP contribution in [-0.2, 0) is 0 Å². The molecule has 3 heterocycles. The molecule has 0 radical (unpaired) electrons. The van der Waals surface area contributed by atoms with Crippen molar-refractivity contribution < 1.29 is 0 Å². The van der Waals surface area contributed by atoms with E-state index in [0.29, 0.717) is 34.2 Å². The molecule has 0 fully saturated rings. The summed E-state index contributed by atoms with van der Waals surface area (Å²) in [5.41, 5.74) is 11.3. The van der Waals surface area contributed by atoms with Crippen LogP contribution in [0.5, 0.6) is 0 Å². The molecule has 7 heteroatoms. The van der Waals surface area contributed by atoms with E-state index in [-0.39, 0.29) is 0 Å². The van der Waals surface area contributed by atoms with Crippen LogP contribution in [0.25, 0.3) is 100 Å². The molecule has 8 aromatic carbocycles. The first-order chi connectivity index (χ1) is 29.7. The van der Waals surface area contributed by atoms with Crippen molar-refractivity contribution >= 4 is 43.6 Å². The van der Waals surface area contributed by atoms with E-state index in [4.69, 9.17) is 15.0 Å². The lowest BCUT2D eigenvalue weighted by molar-refractivity contribution is 1.07. The SMILES string of the molecule is N#Cc1ccc(-c2cc(-c3nc(-c4ccccc4)nc(-c4ccc(-n5c6ccccc6c6ccccc65)c(C#N)c4)n3)ccc2-n2c3ccccc3c3ccccc32)cc1. The third kappa shape index (κ3) is 5.61. The second-order valence-electron chi connectivity index (χ2n) is 14.7. The lowest BCUT2D eigenvalue weighted by atomic mass is 9.99. The molecule has 0 atom stereocenters. The molecule has 278 valence electrons. The van der Waals surface area contributed by atoms with Crippen LogP contribution in [0.3, 0.4) is 0 Å². The highest BCUT2D eigenvalue weighted by Gasteiger charge is 2.20. The maximum atomic E-state index is 10.7. The van der Waals surface area contributed by atoms with E-state index in [9.17, 15) is 10.5 Å². The minimum atomic E-state index is 0.454. The predicted molar refractivity (Wildman–Crippen MR) is 240 cm³/mol. The topological polar surface area (TPSA) is 96.1 Å². The smallest absolute Gasteiger partial charge is 0.164 e. The highest BCUT2D eigenvalue weighted by atomic mass is 15.0. The first-order valence-corrected chi connectivity index (χ1v) is 19.6. The zero-order valence-corrected chi connectivity index (χ0v) is 32.0. The monoisotopic (exact) mass is 765 g/mol. The van der Waals surface area contributed by atoms with E-state index < -0.39 is 0 Å². The van der Waals surface area contributed by atoms with Gasteiger partial charge in [-0.05, 0) is 78.4 Å². The van der Waals surface area contributed by atoms with Gasteiger partial charge in [0.15, 0.2) is 17.5 Å². The van der Waals surface area contributed by atoms with Crippen molar-refractivity contribution in [2.24, 2.45) is 0 Å². The molecular weight excluding hydrogens is 735 g/mol. The van der Waals surface area contributed by atoms with Gasteiger partial charge in [-0.2, -0.15) is 10.5 Å². The Morgan fingerprint density at radius 3 is 1.27 bits per heavy atom. The van der Waals surface area contributed by atoms with Crippen molar-refractivity contribution in [3.8, 4) is 68.8 Å². The summed E-state index contributed by atoms with van der Waals surface area (Å²) in [4.78, 5) is 15.2. The van der Waals surface area contributed by atoms with Gasteiger partial charge in [0.05, 0.1) is 50.6 Å². The van der Waals surface area contributed by atoms with E-state index in [1.165, 1.54) is 10.8 Å². The molecule has 0 saturated heterocycles. The van der Waals surface area contributed by atoms with Gasteiger partial charge in [-0.25, -0.2) is 15.0 Å². The molecule has 11 rings (SSSR count). The van der Waals surface area contributed by atoms with Crippen LogP contribution in [0.15, 0.2) is 188 Å². The van der Waals surface area contributed by atoms with Crippen LogP contribution >= 0.6 is 0 Å². The molecule has 3 aromatic heterocycles. The minimum absolute atomic E-state index is 0.454. The number of nitriles is 2. The summed E-state index contributed by atoms with van der Waals surface area (Å²) < 4.78 is 4.46. The van der Waals surface area contributed by atoms with Gasteiger partial charge >= 0.3 is 0 Å². The molecule has 0 spiro atoms. The molecule has 0 unspecified atom stereocenters. The Morgan fingerprint density at radius 2 is 0.767 bits per heavy atom. The Balaban J connectivity index is 1.11. The molecule has 0 bridgehead atoms. The first-order valence-electron chi connectivity index (χ1n) is 19.6. The van der Waals surface area contributed by atoms with Crippen LogP contribution in [0.4, 0.5) is 0 Å². The normalized spacial score (nSPS) is 11.3. The highest BCUT2D eigenvalue weighted by Crippen LogP contribution is 2.39. The van der Waals surface area contributed by atoms with Gasteiger partial charge < -0.3 is 9.13 Å². The van der Waals surface area contributed by atoms with Gasteiger partial charge in [0, 0.05) is 43.8 Å². The van der Waals surface area contributed by atoms with Gasteiger partial charge in [-0.3, -0.25) is 0 Å². The largest absolute Gasteiger partial charge is 0.309 e. The number of benzene rings is 8. The van der Waals surface area contributed by atoms with Crippen molar-refractivity contribution in [2.75, 3.05) is 0 Å². The van der Waals surface area contributed by atoms with Gasteiger partial charge in [-0.15, -0.1) is 0 Å². The average molecular weight is 766 g/mol. The van der Waals surface area contributed by atoms with E-state index in [2.05, 4.69) is 112 Å². The van der Waals surface area contributed by atoms with E-state index in [1.54, 1.807) is 0 Å². The molecule has 0 saturated carbocycles. The Labute approximate surface area is 345 Å². The molecule has 60 heavy (non-hydrogen) atoms. The molecule has 0 aliphatic heterocycles. The van der Waals surface area contributed by atoms with Gasteiger partial charge in [-0.1, -0.05) is 115 Å². The third-order valence-electron chi connectivity index (χ3n) is 11.3. The number of hydrogen-bond acceptors (Lipinski definition) is 5. The van der Waals surface area contributed by atoms with Crippen molar-refractivity contribution in [2.45, 2.75) is 0 Å². The van der Waals surface area contributed by atoms with Crippen molar-refractivity contribution in [1.29, 1.82) is 10.5 Å². The number of para-hydroxylation sites is 4. The fourth-order valence-electron chi connectivity index (χ4n) is 8.50. The number of nitrogens with zero attached hydrogens (tertiary/aromatic N) is 7. The summed E-state index contributed by atoms with van der Waals surface area (Å²) in [6, 6.07) is 67.9. The quantitative estimate of drug-likeness (QED) is 0.168. The predicted octanol–water partition coefficient (Wildman–Crippen LogP) is 12.5. The number of aromatic nitrogens is 5. The molecular formula is C53H31N7. The average Bonchev–Trinajstić information content (AvgIpc) is 3.84. The number of hydrogen-bond donors (Lipinski definition) is 0. The Morgan fingerprint density at radius 1 is 0.350 bits per heavy atom. The minimum Gasteiger partial charge on any atom is -0.309 e. The van der Waals surface area contributed by atoms with Crippen molar-refractivity contribution in [1.82, 2.24) is 24.1 Å². The highest BCUT2D eigenvalue weighted by molar-refractivity contribution is 6.10. The van der Waals surface area contributed by atoms with Crippen LogP contribution in [0.1, 0.15) is 11.1 Å². The zero-order chi connectivity index (χ0) is 40.2. The molecule has 0 aliphatic rings. The maximum absolute atomic E-state index is 10.7. The number of rotatable bonds is 6. The summed E-state index contributed by atoms with van der Waals surface area (Å²) in [7, 11) is 0. The van der Waals surface area contributed by atoms with Crippen LogP contribution in [-0.4, -0.2) is 24.1 Å². The summed E-state index contributed by atoms with van der Waals surface area (Å²) >= 11 is 0. The third-order valence-corrected chi connectivity index (χ3v) is 11.3. The molecule has 7 nitrogen and oxygen atoms in total. The van der Waals surface area contributed by atoms with E-state index in [0.717, 1.165) is 66.5 Å². The number of fused-ring (bicyclic) bond motifs is 6. The van der Waals surface area contributed by atoms with E-state index >= 15 is 0 Å². The fraction of sp³-hybridized carbons (Fsp3) is 0. The molecule has 11 aromatic rings. The Bertz CT molecular complexity index is 3460. The summed E-state index contributed by atoms with van der Waals surface area (Å²) in [6.45, 7) is 0. The van der Waals surface area contributed by atoms with E-state index in [1.807, 2.05) is 97.1 Å². The van der Waals surface area contributed by atoms with Crippen molar-refractivity contribution in [3.05, 3.63) is 199 Å². The molecule has 0 amide bonds. The summed E-state index contributed by atoms with van der Waals surface area (Å²) in [5.74, 6) is 1.47. The maximum Gasteiger partial charge on any atom is 0.164 e. The van der Waals surface area contributed by atoms with Gasteiger partial charge in [0.2, 0.25) is 0 Å². The van der Waals surface area contributed by atoms with Gasteiger partial charge in [0.25, 0.3) is 0 Å². The van der Waals surface area contributed by atoms with Crippen LogP contribution < -0.4 is 0 Å². The first kappa shape index (κ1) is 34.6. The van der Waals surface area contributed by atoms with Crippen molar-refractivity contribution in [3.63, 3.8) is 0 Å². The molecule has 0 N–H and O–H groups in total. The fourth-order valence-corrected chi connectivity index (χ4v) is 8.50. The zero-order valence-electron chi connectivity index (χ0n) is 32.0. The molecule has 0 aliphatic carbocycles. The summed E-state index contributed by atoms with van der Waals surface area (Å²) in [5, 5.41) is 24.9. The summed E-state index contributed by atoms with van der Waals surface area (Å²) in [6.07, 6.45) is 0.